The first kappa shape index (κ1) is 13.3. The maximum Gasteiger partial charge on any atom is 0.140 e. The fraction of sp³-hybridized carbons (Fsp3) is 0.0833. The molecule has 0 aliphatic heterocycles. The van der Waals surface area contributed by atoms with Gasteiger partial charge in [0.25, 0.3) is 0 Å². The van der Waals surface area contributed by atoms with Crippen LogP contribution >= 0.6 is 31.9 Å². The zero-order chi connectivity index (χ0) is 13.1. The average Bonchev–Trinajstić information content (AvgIpc) is 2.32. The van der Waals surface area contributed by atoms with Crippen molar-refractivity contribution in [1.82, 2.24) is 4.98 Å². The molecule has 94 valence electrons. The SMILES string of the molecule is Nc1cnc(NCc2cc(Br)ccc2F)c(Br)c1. The molecular weight excluding hydrogens is 365 g/mol. The van der Waals surface area contributed by atoms with Crippen LogP contribution in [0.25, 0.3) is 0 Å². The number of nitrogens with one attached hydrogen (secondary N) is 1. The topological polar surface area (TPSA) is 50.9 Å². The van der Waals surface area contributed by atoms with E-state index in [1.165, 1.54) is 6.07 Å². The number of nitrogen functional groups attached to an aromatic ring is 1. The summed E-state index contributed by atoms with van der Waals surface area (Å²) in [7, 11) is 0. The van der Waals surface area contributed by atoms with Crippen molar-refractivity contribution >= 4 is 43.4 Å². The summed E-state index contributed by atoms with van der Waals surface area (Å²) < 4.78 is 15.1. The van der Waals surface area contributed by atoms with Gasteiger partial charge in [0.1, 0.15) is 11.6 Å². The van der Waals surface area contributed by atoms with Crippen LogP contribution < -0.4 is 11.1 Å². The number of aromatic nitrogens is 1. The van der Waals surface area contributed by atoms with E-state index in [0.717, 1.165) is 8.95 Å². The van der Waals surface area contributed by atoms with E-state index in [-0.39, 0.29) is 5.82 Å². The highest BCUT2D eigenvalue weighted by molar-refractivity contribution is 9.10. The zero-order valence-electron chi connectivity index (χ0n) is 9.25. The average molecular weight is 375 g/mol. The lowest BCUT2D eigenvalue weighted by Crippen LogP contribution is -2.04. The molecule has 0 saturated carbocycles. The summed E-state index contributed by atoms with van der Waals surface area (Å²) in [6, 6.07) is 6.56. The van der Waals surface area contributed by atoms with Gasteiger partial charge in [-0.25, -0.2) is 9.37 Å². The van der Waals surface area contributed by atoms with Crippen molar-refractivity contribution in [2.45, 2.75) is 6.54 Å². The van der Waals surface area contributed by atoms with Gasteiger partial charge >= 0.3 is 0 Å². The molecule has 3 N–H and O–H groups in total. The first-order valence-electron chi connectivity index (χ1n) is 5.15. The van der Waals surface area contributed by atoms with Crippen LogP contribution in [0.5, 0.6) is 0 Å². The van der Waals surface area contributed by atoms with E-state index in [0.29, 0.717) is 23.6 Å². The van der Waals surface area contributed by atoms with Crippen LogP contribution in [0.4, 0.5) is 15.9 Å². The fourth-order valence-electron chi connectivity index (χ4n) is 1.44. The maximum atomic E-state index is 13.5. The van der Waals surface area contributed by atoms with Crippen molar-refractivity contribution in [3.63, 3.8) is 0 Å². The molecule has 1 heterocycles. The molecule has 0 fully saturated rings. The van der Waals surface area contributed by atoms with Crippen LogP contribution in [0.3, 0.4) is 0 Å². The van der Waals surface area contributed by atoms with Crippen molar-refractivity contribution in [1.29, 1.82) is 0 Å². The molecule has 0 amide bonds. The Hall–Kier alpha value is -1.14. The van der Waals surface area contributed by atoms with Gasteiger partial charge in [0.2, 0.25) is 0 Å². The number of benzene rings is 1. The van der Waals surface area contributed by atoms with Gasteiger partial charge in [-0.3, -0.25) is 0 Å². The number of anilines is 2. The molecule has 0 aliphatic rings. The highest BCUT2D eigenvalue weighted by Gasteiger charge is 2.05. The highest BCUT2D eigenvalue weighted by atomic mass is 79.9. The summed E-state index contributed by atoms with van der Waals surface area (Å²) in [5.41, 5.74) is 6.73. The van der Waals surface area contributed by atoms with Gasteiger partial charge in [-0.05, 0) is 40.2 Å². The van der Waals surface area contributed by atoms with Crippen molar-refractivity contribution in [3.05, 3.63) is 50.8 Å². The molecule has 0 atom stereocenters. The largest absolute Gasteiger partial charge is 0.397 e. The second-order valence-electron chi connectivity index (χ2n) is 3.69. The maximum absolute atomic E-state index is 13.5. The van der Waals surface area contributed by atoms with Gasteiger partial charge in [0.15, 0.2) is 0 Å². The lowest BCUT2D eigenvalue weighted by atomic mass is 10.2. The number of rotatable bonds is 3. The third-order valence-electron chi connectivity index (χ3n) is 2.32. The zero-order valence-corrected chi connectivity index (χ0v) is 12.4. The Balaban J connectivity index is 2.13. The minimum absolute atomic E-state index is 0.253. The van der Waals surface area contributed by atoms with E-state index in [1.807, 2.05) is 0 Å². The minimum Gasteiger partial charge on any atom is -0.397 e. The molecule has 0 saturated heterocycles. The summed E-state index contributed by atoms with van der Waals surface area (Å²) in [4.78, 5) is 4.13. The summed E-state index contributed by atoms with van der Waals surface area (Å²) in [6.45, 7) is 0.348. The van der Waals surface area contributed by atoms with Crippen LogP contribution in [-0.2, 0) is 6.54 Å². The molecule has 1 aromatic carbocycles. The van der Waals surface area contributed by atoms with Gasteiger partial charge < -0.3 is 11.1 Å². The van der Waals surface area contributed by atoms with Gasteiger partial charge in [-0.15, -0.1) is 0 Å². The smallest absolute Gasteiger partial charge is 0.140 e. The lowest BCUT2D eigenvalue weighted by molar-refractivity contribution is 0.612. The molecule has 18 heavy (non-hydrogen) atoms. The van der Waals surface area contributed by atoms with Crippen LogP contribution in [0.1, 0.15) is 5.56 Å². The molecular formula is C12H10Br2FN3. The van der Waals surface area contributed by atoms with Crippen molar-refractivity contribution < 1.29 is 4.39 Å². The van der Waals surface area contributed by atoms with Crippen molar-refractivity contribution in [3.8, 4) is 0 Å². The standard InChI is InChI=1S/C12H10Br2FN3/c13-8-1-2-11(15)7(3-8)5-17-12-10(14)4-9(16)6-18-12/h1-4,6H,5,16H2,(H,17,18). The van der Waals surface area contributed by atoms with Crippen LogP contribution in [0.2, 0.25) is 0 Å². The Bertz CT molecular complexity index is 575. The van der Waals surface area contributed by atoms with Gasteiger partial charge in [-0.2, -0.15) is 0 Å². The number of nitrogens with two attached hydrogens (primary N) is 1. The van der Waals surface area contributed by atoms with Gasteiger partial charge in [-0.1, -0.05) is 15.9 Å². The van der Waals surface area contributed by atoms with Gasteiger partial charge in [0.05, 0.1) is 16.4 Å². The molecule has 0 bridgehead atoms. The first-order chi connectivity index (χ1) is 8.56. The van der Waals surface area contributed by atoms with Crippen molar-refractivity contribution in [2.24, 2.45) is 0 Å². The third kappa shape index (κ3) is 3.20. The summed E-state index contributed by atoms with van der Waals surface area (Å²) in [5.74, 6) is 0.376. The number of halogens is 3. The second-order valence-corrected chi connectivity index (χ2v) is 5.46. The molecule has 0 aliphatic carbocycles. The summed E-state index contributed by atoms with van der Waals surface area (Å²) in [6.07, 6.45) is 1.55. The van der Waals surface area contributed by atoms with E-state index >= 15 is 0 Å². The lowest BCUT2D eigenvalue weighted by Gasteiger charge is -2.09. The van der Waals surface area contributed by atoms with Crippen molar-refractivity contribution in [2.75, 3.05) is 11.1 Å². The Labute approximate surface area is 121 Å². The molecule has 0 spiro atoms. The molecule has 0 radical (unpaired) electrons. The minimum atomic E-state index is -0.253. The molecule has 2 aromatic rings. The normalized spacial score (nSPS) is 10.4. The van der Waals surface area contributed by atoms with E-state index in [9.17, 15) is 4.39 Å². The summed E-state index contributed by atoms with van der Waals surface area (Å²) >= 11 is 6.66. The molecule has 1 aromatic heterocycles. The Morgan fingerprint density at radius 1 is 1.28 bits per heavy atom. The van der Waals surface area contributed by atoms with Crippen LogP contribution in [-0.4, -0.2) is 4.98 Å². The Kier molecular flexibility index (Phi) is 4.19. The monoisotopic (exact) mass is 373 g/mol. The highest BCUT2D eigenvalue weighted by Crippen LogP contribution is 2.23. The predicted octanol–water partition coefficient (Wildman–Crippen LogP) is 3.94. The van der Waals surface area contributed by atoms with E-state index in [1.54, 1.807) is 24.4 Å². The molecule has 2 rings (SSSR count). The Morgan fingerprint density at radius 3 is 2.78 bits per heavy atom. The fourth-order valence-corrected chi connectivity index (χ4v) is 2.36. The third-order valence-corrected chi connectivity index (χ3v) is 3.41. The molecule has 3 nitrogen and oxygen atoms in total. The van der Waals surface area contributed by atoms with E-state index < -0.39 is 0 Å². The quantitative estimate of drug-likeness (QED) is 0.855. The molecule has 0 unspecified atom stereocenters. The number of hydrogen-bond acceptors (Lipinski definition) is 3. The van der Waals surface area contributed by atoms with Gasteiger partial charge in [0, 0.05) is 16.6 Å². The second kappa shape index (κ2) is 5.67. The predicted molar refractivity (Wildman–Crippen MR) is 77.8 cm³/mol. The van der Waals surface area contributed by atoms with Crippen LogP contribution in [0, 0.1) is 5.82 Å². The first-order valence-corrected chi connectivity index (χ1v) is 6.73. The number of pyridine rings is 1. The molecule has 6 heteroatoms. The number of nitrogens with zero attached hydrogens (tertiary/aromatic N) is 1. The Morgan fingerprint density at radius 2 is 2.06 bits per heavy atom. The van der Waals surface area contributed by atoms with E-state index in [2.05, 4.69) is 42.2 Å². The summed E-state index contributed by atoms with van der Waals surface area (Å²) in [5, 5.41) is 3.05. The number of hydrogen-bond donors (Lipinski definition) is 2. The van der Waals surface area contributed by atoms with Crippen LogP contribution in [0.15, 0.2) is 39.4 Å². The van der Waals surface area contributed by atoms with E-state index in [4.69, 9.17) is 5.73 Å².